The lowest BCUT2D eigenvalue weighted by atomic mass is 10.3. The highest BCUT2D eigenvalue weighted by Gasteiger charge is 2.24. The molecule has 0 fully saturated rings. The molecule has 0 saturated heterocycles. The number of sulfonamides is 1. The Bertz CT molecular complexity index is 532. The van der Waals surface area contributed by atoms with Crippen LogP contribution in [0.1, 0.15) is 13.3 Å². The summed E-state index contributed by atoms with van der Waals surface area (Å²) in [6.45, 7) is 1.61. The quantitative estimate of drug-likeness (QED) is 0.927. The van der Waals surface area contributed by atoms with E-state index in [1.165, 1.54) is 12.1 Å². The minimum absolute atomic E-state index is 0.101. The zero-order valence-corrected chi connectivity index (χ0v) is 11.3. The fraction of sp³-hybridized carbons (Fsp3) is 0.300. The molecule has 0 saturated carbocycles. The van der Waals surface area contributed by atoms with Crippen molar-refractivity contribution in [3.63, 3.8) is 0 Å². The lowest BCUT2D eigenvalue weighted by molar-refractivity contribution is 0.593. The van der Waals surface area contributed by atoms with Crippen LogP contribution >= 0.6 is 23.2 Å². The van der Waals surface area contributed by atoms with E-state index in [0.29, 0.717) is 0 Å². The van der Waals surface area contributed by atoms with Gasteiger partial charge in [0.25, 0.3) is 0 Å². The van der Waals surface area contributed by atoms with Gasteiger partial charge in [0, 0.05) is 0 Å². The molecule has 1 N–H and O–H groups in total. The highest BCUT2D eigenvalue weighted by atomic mass is 35.5. The molecule has 0 bridgehead atoms. The van der Waals surface area contributed by atoms with Gasteiger partial charge in [0.2, 0.25) is 10.0 Å². The number of benzene rings is 1. The Morgan fingerprint density at radius 1 is 1.41 bits per heavy atom. The van der Waals surface area contributed by atoms with Crippen LogP contribution in [0.4, 0.5) is 5.69 Å². The molecule has 0 aromatic heterocycles. The molecule has 0 spiro atoms. The molecule has 1 unspecified atom stereocenters. The van der Waals surface area contributed by atoms with Gasteiger partial charge in [-0.25, -0.2) is 8.42 Å². The third-order valence-corrected chi connectivity index (χ3v) is 4.40. The van der Waals surface area contributed by atoms with Crippen molar-refractivity contribution in [2.45, 2.75) is 18.6 Å². The molecule has 0 aliphatic heterocycles. The first-order valence-corrected chi connectivity index (χ1v) is 7.08. The Labute approximate surface area is 110 Å². The van der Waals surface area contributed by atoms with E-state index in [2.05, 4.69) is 4.72 Å². The summed E-state index contributed by atoms with van der Waals surface area (Å²) in [5.74, 6) is 0. The monoisotopic (exact) mass is 292 g/mol. The van der Waals surface area contributed by atoms with E-state index in [4.69, 9.17) is 28.5 Å². The van der Waals surface area contributed by atoms with Crippen LogP contribution in [0.15, 0.2) is 18.2 Å². The molecule has 0 aliphatic carbocycles. The van der Waals surface area contributed by atoms with Crippen molar-refractivity contribution >= 4 is 38.9 Å². The maximum atomic E-state index is 11.8. The van der Waals surface area contributed by atoms with Crippen molar-refractivity contribution in [1.82, 2.24) is 0 Å². The van der Waals surface area contributed by atoms with E-state index >= 15 is 0 Å². The van der Waals surface area contributed by atoms with Gasteiger partial charge in [-0.1, -0.05) is 36.2 Å². The second-order valence-corrected chi connectivity index (χ2v) is 5.95. The molecule has 1 atom stereocenters. The van der Waals surface area contributed by atoms with E-state index in [0.717, 1.165) is 0 Å². The van der Waals surface area contributed by atoms with E-state index in [1.54, 1.807) is 19.1 Å². The first-order valence-electron chi connectivity index (χ1n) is 4.77. The van der Waals surface area contributed by atoms with Gasteiger partial charge in [-0.05, 0) is 18.6 Å². The Kier molecular flexibility index (Phi) is 4.63. The summed E-state index contributed by atoms with van der Waals surface area (Å²) < 4.78 is 25.9. The fourth-order valence-electron chi connectivity index (χ4n) is 1.19. The predicted octanol–water partition coefficient (Wildman–Crippen LogP) is 3.04. The maximum Gasteiger partial charge on any atom is 0.249 e. The first-order chi connectivity index (χ1) is 7.92. The van der Waals surface area contributed by atoms with Crippen LogP contribution in [0.2, 0.25) is 10.0 Å². The second kappa shape index (κ2) is 5.58. The minimum atomic E-state index is -3.80. The summed E-state index contributed by atoms with van der Waals surface area (Å²) >= 11 is 11.7. The van der Waals surface area contributed by atoms with Crippen molar-refractivity contribution in [3.05, 3.63) is 28.2 Å². The average Bonchev–Trinajstić information content (AvgIpc) is 2.25. The molecule has 1 aromatic carbocycles. The number of anilines is 1. The zero-order chi connectivity index (χ0) is 13.1. The lowest BCUT2D eigenvalue weighted by Gasteiger charge is -2.13. The normalized spacial score (nSPS) is 12.8. The number of nitrogens with zero attached hydrogens (tertiary/aromatic N) is 1. The Balaban J connectivity index is 3.12. The van der Waals surface area contributed by atoms with Crippen LogP contribution in [-0.4, -0.2) is 13.7 Å². The van der Waals surface area contributed by atoms with E-state index in [9.17, 15) is 8.42 Å². The molecule has 1 aromatic rings. The second-order valence-electron chi connectivity index (χ2n) is 3.27. The zero-order valence-electron chi connectivity index (χ0n) is 8.94. The van der Waals surface area contributed by atoms with Gasteiger partial charge in [-0.3, -0.25) is 4.72 Å². The number of hydrogen-bond acceptors (Lipinski definition) is 3. The highest BCUT2D eigenvalue weighted by molar-refractivity contribution is 7.93. The predicted molar refractivity (Wildman–Crippen MR) is 68.7 cm³/mol. The molecular weight excluding hydrogens is 283 g/mol. The topological polar surface area (TPSA) is 70.0 Å². The highest BCUT2D eigenvalue weighted by Crippen LogP contribution is 2.31. The SMILES string of the molecule is CCC(C#N)S(=O)(=O)Nc1c(Cl)cccc1Cl. The molecule has 7 heteroatoms. The van der Waals surface area contributed by atoms with Crippen LogP contribution in [-0.2, 0) is 10.0 Å². The van der Waals surface area contributed by atoms with Gasteiger partial charge >= 0.3 is 0 Å². The Morgan fingerprint density at radius 3 is 2.35 bits per heavy atom. The molecule has 0 heterocycles. The number of halogens is 2. The number of nitrogens with one attached hydrogen (secondary N) is 1. The van der Waals surface area contributed by atoms with E-state index < -0.39 is 15.3 Å². The van der Waals surface area contributed by atoms with Gasteiger partial charge in [-0.15, -0.1) is 0 Å². The standard InChI is InChI=1S/C10H10Cl2N2O2S/c1-2-7(6-13)17(15,16)14-10-8(11)4-3-5-9(10)12/h3-5,7,14H,2H2,1H3. The van der Waals surface area contributed by atoms with Gasteiger partial charge in [-0.2, -0.15) is 5.26 Å². The molecule has 0 aliphatic rings. The van der Waals surface area contributed by atoms with Crippen LogP contribution < -0.4 is 4.72 Å². The lowest BCUT2D eigenvalue weighted by Crippen LogP contribution is -2.26. The van der Waals surface area contributed by atoms with Crippen LogP contribution in [0.5, 0.6) is 0 Å². The third-order valence-electron chi connectivity index (χ3n) is 2.10. The van der Waals surface area contributed by atoms with Gasteiger partial charge in [0.1, 0.15) is 0 Å². The molecule has 4 nitrogen and oxygen atoms in total. The molecular formula is C10H10Cl2N2O2S. The molecule has 1 rings (SSSR count). The summed E-state index contributed by atoms with van der Waals surface area (Å²) in [7, 11) is -3.80. The molecule has 17 heavy (non-hydrogen) atoms. The van der Waals surface area contributed by atoms with E-state index in [1.807, 2.05) is 0 Å². The molecule has 0 radical (unpaired) electrons. The molecule has 92 valence electrons. The number of hydrogen-bond donors (Lipinski definition) is 1. The fourth-order valence-corrected chi connectivity index (χ4v) is 3.02. The Hall–Kier alpha value is -0.960. The van der Waals surface area contributed by atoms with Crippen LogP contribution in [0.3, 0.4) is 0 Å². The summed E-state index contributed by atoms with van der Waals surface area (Å²) in [5.41, 5.74) is 0.101. The third kappa shape index (κ3) is 3.25. The summed E-state index contributed by atoms with van der Waals surface area (Å²) in [6.07, 6.45) is 0.188. The van der Waals surface area contributed by atoms with Gasteiger partial charge < -0.3 is 0 Å². The number of nitriles is 1. The van der Waals surface area contributed by atoms with Gasteiger partial charge in [0.15, 0.2) is 5.25 Å². The Morgan fingerprint density at radius 2 is 1.94 bits per heavy atom. The van der Waals surface area contributed by atoms with Crippen molar-refractivity contribution in [2.24, 2.45) is 0 Å². The van der Waals surface area contributed by atoms with Crippen molar-refractivity contribution in [3.8, 4) is 6.07 Å². The van der Waals surface area contributed by atoms with Crippen molar-refractivity contribution in [2.75, 3.05) is 4.72 Å². The van der Waals surface area contributed by atoms with Crippen molar-refractivity contribution < 1.29 is 8.42 Å². The average molecular weight is 293 g/mol. The number of para-hydroxylation sites is 1. The largest absolute Gasteiger partial charge is 0.279 e. The maximum absolute atomic E-state index is 11.8. The first kappa shape index (κ1) is 14.1. The summed E-state index contributed by atoms with van der Waals surface area (Å²) in [4.78, 5) is 0. The van der Waals surface area contributed by atoms with Crippen molar-refractivity contribution in [1.29, 1.82) is 5.26 Å². The summed E-state index contributed by atoms with van der Waals surface area (Å²) in [6, 6.07) is 6.34. The van der Waals surface area contributed by atoms with E-state index in [-0.39, 0.29) is 22.2 Å². The summed E-state index contributed by atoms with van der Waals surface area (Å²) in [5, 5.41) is 7.99. The van der Waals surface area contributed by atoms with Crippen LogP contribution in [0.25, 0.3) is 0 Å². The van der Waals surface area contributed by atoms with Gasteiger partial charge in [0.05, 0.1) is 21.8 Å². The smallest absolute Gasteiger partial charge is 0.249 e. The molecule has 0 amide bonds. The minimum Gasteiger partial charge on any atom is -0.279 e. The van der Waals surface area contributed by atoms with Crippen LogP contribution in [0, 0.1) is 11.3 Å². The number of rotatable bonds is 4.